The molecule has 1 aliphatic carbocycles. The lowest BCUT2D eigenvalue weighted by Crippen LogP contribution is -2.22. The normalized spacial score (nSPS) is 16.0. The molecule has 0 atom stereocenters. The van der Waals surface area contributed by atoms with Crippen molar-refractivity contribution in [2.24, 2.45) is 0 Å². The Labute approximate surface area is 107 Å². The van der Waals surface area contributed by atoms with E-state index >= 15 is 0 Å². The van der Waals surface area contributed by atoms with Crippen LogP contribution in [0, 0.1) is 6.92 Å². The van der Waals surface area contributed by atoms with E-state index in [-0.39, 0.29) is 5.97 Å². The SMILES string of the molecule is COC(=O)C1(c2ccc(OC)c(C)c2OC)CC1. The van der Waals surface area contributed by atoms with Crippen LogP contribution in [-0.4, -0.2) is 27.3 Å². The second kappa shape index (κ2) is 4.52. The average Bonchev–Trinajstić information content (AvgIpc) is 3.18. The number of ether oxygens (including phenoxy) is 3. The summed E-state index contributed by atoms with van der Waals surface area (Å²) in [5.41, 5.74) is 1.29. The van der Waals surface area contributed by atoms with E-state index < -0.39 is 5.41 Å². The van der Waals surface area contributed by atoms with Crippen molar-refractivity contribution in [3.8, 4) is 11.5 Å². The third-order valence-electron chi connectivity index (χ3n) is 3.62. The van der Waals surface area contributed by atoms with Gasteiger partial charge in [-0.1, -0.05) is 6.07 Å². The van der Waals surface area contributed by atoms with E-state index in [0.717, 1.165) is 35.5 Å². The van der Waals surface area contributed by atoms with Gasteiger partial charge in [-0.05, 0) is 25.8 Å². The zero-order chi connectivity index (χ0) is 13.3. The van der Waals surface area contributed by atoms with Crippen molar-refractivity contribution in [1.82, 2.24) is 0 Å². The molecule has 0 unspecified atom stereocenters. The van der Waals surface area contributed by atoms with E-state index in [1.807, 2.05) is 19.1 Å². The first kappa shape index (κ1) is 12.7. The van der Waals surface area contributed by atoms with E-state index in [4.69, 9.17) is 14.2 Å². The lowest BCUT2D eigenvalue weighted by molar-refractivity contribution is -0.143. The highest BCUT2D eigenvalue weighted by Gasteiger charge is 2.54. The van der Waals surface area contributed by atoms with Gasteiger partial charge >= 0.3 is 5.97 Å². The molecule has 1 aliphatic rings. The van der Waals surface area contributed by atoms with E-state index in [1.165, 1.54) is 7.11 Å². The van der Waals surface area contributed by atoms with Gasteiger partial charge < -0.3 is 14.2 Å². The fourth-order valence-electron chi connectivity index (χ4n) is 2.44. The fraction of sp³-hybridized carbons (Fsp3) is 0.500. The average molecular weight is 250 g/mol. The molecular formula is C14H18O4. The molecule has 0 bridgehead atoms. The first-order chi connectivity index (χ1) is 8.60. The van der Waals surface area contributed by atoms with Crippen LogP contribution in [0.4, 0.5) is 0 Å². The Hall–Kier alpha value is -1.71. The molecule has 0 saturated heterocycles. The highest BCUT2D eigenvalue weighted by atomic mass is 16.5. The summed E-state index contributed by atoms with van der Waals surface area (Å²) >= 11 is 0. The largest absolute Gasteiger partial charge is 0.496 e. The number of esters is 1. The summed E-state index contributed by atoms with van der Waals surface area (Å²) in [6, 6.07) is 3.77. The standard InChI is InChI=1S/C14H18O4/c1-9-11(16-2)6-5-10(12(9)17-3)14(7-8-14)13(15)18-4/h5-6H,7-8H2,1-4H3. The number of hydrogen-bond donors (Lipinski definition) is 0. The van der Waals surface area contributed by atoms with Gasteiger partial charge in [-0.2, -0.15) is 0 Å². The second-order valence-corrected chi connectivity index (χ2v) is 4.55. The maximum atomic E-state index is 11.9. The number of carbonyl (C=O) groups is 1. The third-order valence-corrected chi connectivity index (χ3v) is 3.62. The molecule has 98 valence electrons. The molecule has 0 aromatic heterocycles. The maximum Gasteiger partial charge on any atom is 0.316 e. The summed E-state index contributed by atoms with van der Waals surface area (Å²) in [6.45, 7) is 1.93. The minimum Gasteiger partial charge on any atom is -0.496 e. The summed E-state index contributed by atoms with van der Waals surface area (Å²) in [6.07, 6.45) is 1.61. The van der Waals surface area contributed by atoms with Crippen LogP contribution in [0.5, 0.6) is 11.5 Å². The number of carbonyl (C=O) groups excluding carboxylic acids is 1. The fourth-order valence-corrected chi connectivity index (χ4v) is 2.44. The van der Waals surface area contributed by atoms with Crippen LogP contribution >= 0.6 is 0 Å². The van der Waals surface area contributed by atoms with Crippen LogP contribution in [0.1, 0.15) is 24.0 Å². The van der Waals surface area contributed by atoms with E-state index in [0.29, 0.717) is 0 Å². The predicted octanol–water partition coefficient (Wildman–Crippen LogP) is 2.22. The highest BCUT2D eigenvalue weighted by Crippen LogP contribution is 2.53. The van der Waals surface area contributed by atoms with Crippen LogP contribution in [0.15, 0.2) is 12.1 Å². The first-order valence-corrected chi connectivity index (χ1v) is 5.91. The Bertz CT molecular complexity index is 475. The molecule has 0 radical (unpaired) electrons. The van der Waals surface area contributed by atoms with Crippen LogP contribution in [0.25, 0.3) is 0 Å². The van der Waals surface area contributed by atoms with Crippen LogP contribution in [0.2, 0.25) is 0 Å². The summed E-state index contributed by atoms with van der Waals surface area (Å²) in [4.78, 5) is 11.9. The van der Waals surface area contributed by atoms with Crippen molar-refractivity contribution in [2.45, 2.75) is 25.2 Å². The van der Waals surface area contributed by atoms with Gasteiger partial charge in [-0.3, -0.25) is 4.79 Å². The van der Waals surface area contributed by atoms with Crippen molar-refractivity contribution >= 4 is 5.97 Å². The molecule has 0 N–H and O–H groups in total. The smallest absolute Gasteiger partial charge is 0.316 e. The lowest BCUT2D eigenvalue weighted by atomic mass is 9.93. The van der Waals surface area contributed by atoms with E-state index in [2.05, 4.69) is 0 Å². The molecular weight excluding hydrogens is 232 g/mol. The van der Waals surface area contributed by atoms with E-state index in [9.17, 15) is 4.79 Å². The zero-order valence-electron chi connectivity index (χ0n) is 11.2. The second-order valence-electron chi connectivity index (χ2n) is 4.55. The Kier molecular flexibility index (Phi) is 3.20. The van der Waals surface area contributed by atoms with Gasteiger partial charge in [0.1, 0.15) is 11.5 Å². The third kappa shape index (κ3) is 1.72. The molecule has 4 heteroatoms. The van der Waals surface area contributed by atoms with Gasteiger partial charge in [0.25, 0.3) is 0 Å². The lowest BCUT2D eigenvalue weighted by Gasteiger charge is -2.19. The molecule has 1 fully saturated rings. The van der Waals surface area contributed by atoms with Crippen molar-refractivity contribution in [1.29, 1.82) is 0 Å². The zero-order valence-corrected chi connectivity index (χ0v) is 11.2. The van der Waals surface area contributed by atoms with Gasteiger partial charge in [-0.25, -0.2) is 0 Å². The molecule has 1 aromatic rings. The summed E-state index contributed by atoms with van der Waals surface area (Å²) < 4.78 is 15.6. The van der Waals surface area contributed by atoms with Crippen molar-refractivity contribution in [3.63, 3.8) is 0 Å². The minimum absolute atomic E-state index is 0.189. The summed E-state index contributed by atoms with van der Waals surface area (Å²) in [5.74, 6) is 1.29. The van der Waals surface area contributed by atoms with Crippen LogP contribution in [0.3, 0.4) is 0 Å². The summed E-state index contributed by atoms with van der Waals surface area (Å²) in [5, 5.41) is 0. The maximum absolute atomic E-state index is 11.9. The molecule has 1 aromatic carbocycles. The Morgan fingerprint density at radius 1 is 1.17 bits per heavy atom. The Morgan fingerprint density at radius 2 is 1.83 bits per heavy atom. The number of rotatable bonds is 4. The molecule has 18 heavy (non-hydrogen) atoms. The van der Waals surface area contributed by atoms with Crippen molar-refractivity contribution < 1.29 is 19.0 Å². The Morgan fingerprint density at radius 3 is 2.28 bits per heavy atom. The molecule has 2 rings (SSSR count). The summed E-state index contributed by atoms with van der Waals surface area (Å²) in [7, 11) is 4.65. The number of methoxy groups -OCH3 is 3. The molecule has 4 nitrogen and oxygen atoms in total. The molecule has 0 amide bonds. The van der Waals surface area contributed by atoms with Crippen molar-refractivity contribution in [3.05, 3.63) is 23.3 Å². The molecule has 0 spiro atoms. The van der Waals surface area contributed by atoms with Gasteiger partial charge in [0.15, 0.2) is 0 Å². The highest BCUT2D eigenvalue weighted by molar-refractivity contribution is 5.88. The quantitative estimate of drug-likeness (QED) is 0.769. The van der Waals surface area contributed by atoms with Gasteiger partial charge in [0.05, 0.1) is 26.7 Å². The van der Waals surface area contributed by atoms with Crippen LogP contribution < -0.4 is 9.47 Å². The topological polar surface area (TPSA) is 44.8 Å². The van der Waals surface area contributed by atoms with Crippen LogP contribution in [-0.2, 0) is 14.9 Å². The minimum atomic E-state index is -0.517. The number of hydrogen-bond acceptors (Lipinski definition) is 4. The van der Waals surface area contributed by atoms with Gasteiger partial charge in [0, 0.05) is 11.1 Å². The first-order valence-electron chi connectivity index (χ1n) is 5.91. The molecule has 1 saturated carbocycles. The predicted molar refractivity (Wildman–Crippen MR) is 67.2 cm³/mol. The van der Waals surface area contributed by atoms with E-state index in [1.54, 1.807) is 14.2 Å². The molecule has 0 heterocycles. The Balaban J connectivity index is 2.52. The monoisotopic (exact) mass is 250 g/mol. The van der Waals surface area contributed by atoms with Gasteiger partial charge in [0.2, 0.25) is 0 Å². The van der Waals surface area contributed by atoms with Gasteiger partial charge in [-0.15, -0.1) is 0 Å². The number of benzene rings is 1. The van der Waals surface area contributed by atoms with Crippen molar-refractivity contribution in [2.75, 3.05) is 21.3 Å². The molecule has 0 aliphatic heterocycles.